The van der Waals surface area contributed by atoms with Gasteiger partial charge in [0.1, 0.15) is 0 Å². The molecular formula is C7H18N2. The highest BCUT2D eigenvalue weighted by Gasteiger charge is 1.81. The van der Waals surface area contributed by atoms with Gasteiger partial charge >= 0.3 is 0 Å². The van der Waals surface area contributed by atoms with Crippen molar-refractivity contribution in [3.63, 3.8) is 0 Å². The summed E-state index contributed by atoms with van der Waals surface area (Å²) in [6, 6.07) is 0. The molecule has 0 unspecified atom stereocenters. The van der Waals surface area contributed by atoms with E-state index < -0.39 is 0 Å². The van der Waals surface area contributed by atoms with Crippen LogP contribution in [0.15, 0.2) is 0 Å². The molecule has 0 spiro atoms. The van der Waals surface area contributed by atoms with Gasteiger partial charge in [-0.2, -0.15) is 0 Å². The molecule has 0 aromatic rings. The lowest BCUT2D eigenvalue weighted by Gasteiger charge is -2.02. The molecule has 0 fully saturated rings. The van der Waals surface area contributed by atoms with Gasteiger partial charge in [0.2, 0.25) is 0 Å². The summed E-state index contributed by atoms with van der Waals surface area (Å²) in [5, 5.41) is 0. The topological polar surface area (TPSA) is 24.1 Å². The van der Waals surface area contributed by atoms with E-state index in [0.717, 1.165) is 13.1 Å². The van der Waals surface area contributed by atoms with Crippen molar-refractivity contribution in [1.29, 1.82) is 0 Å². The van der Waals surface area contributed by atoms with Crippen LogP contribution in [0.2, 0.25) is 0 Å². The molecule has 0 heterocycles. The summed E-state index contributed by atoms with van der Waals surface area (Å²) in [5.41, 5.74) is 6.26. The van der Waals surface area contributed by atoms with Gasteiger partial charge in [0.15, 0.2) is 0 Å². The van der Waals surface area contributed by atoms with E-state index in [9.17, 15) is 0 Å². The van der Waals surface area contributed by atoms with Crippen LogP contribution in [0.4, 0.5) is 0 Å². The summed E-state index contributed by atoms with van der Waals surface area (Å²) in [6.07, 6.45) is 3.72. The Bertz CT molecular complexity index is 40.2. The normalized spacial score (nSPS) is 10.0. The Morgan fingerprint density at radius 2 is 1.56 bits per heavy atom. The van der Waals surface area contributed by atoms with E-state index >= 15 is 0 Å². The lowest BCUT2D eigenvalue weighted by atomic mass is 10.3. The Hall–Kier alpha value is -0.0800. The molecular weight excluding hydrogens is 112 g/mol. The average Bonchev–Trinajstić information content (AvgIpc) is 1.89. The first kappa shape index (κ1) is 8.92. The molecule has 0 atom stereocenters. The second-order valence-electron chi connectivity index (χ2n) is 2.21. The van der Waals surface area contributed by atoms with Crippen molar-refractivity contribution in [2.24, 2.45) is 0 Å². The Morgan fingerprint density at radius 3 is 2.11 bits per heavy atom. The molecule has 0 bridgehead atoms. The van der Waals surface area contributed by atoms with Crippen LogP contribution in [0.25, 0.3) is 0 Å². The number of rotatable bonds is 6. The lowest BCUT2D eigenvalue weighted by Crippen LogP contribution is -2.32. The maximum absolute atomic E-state index is 3.14. The summed E-state index contributed by atoms with van der Waals surface area (Å²) in [6.45, 7) is 6.52. The van der Waals surface area contributed by atoms with Crippen molar-refractivity contribution < 1.29 is 0 Å². The quantitative estimate of drug-likeness (QED) is 0.418. The molecule has 0 aromatic heterocycles. The van der Waals surface area contributed by atoms with Crippen LogP contribution in [0.5, 0.6) is 0 Å². The molecule has 2 nitrogen and oxygen atoms in total. The van der Waals surface area contributed by atoms with Gasteiger partial charge in [-0.05, 0) is 12.8 Å². The average molecular weight is 130 g/mol. The molecule has 0 rings (SSSR count). The number of hydrogen-bond acceptors (Lipinski definition) is 2. The molecule has 0 aliphatic rings. The van der Waals surface area contributed by atoms with Gasteiger partial charge < -0.3 is 0 Å². The molecule has 56 valence electrons. The number of nitrogens with one attached hydrogen (secondary N) is 2. The maximum Gasteiger partial charge on any atom is 0.00996 e. The minimum Gasteiger partial charge on any atom is -0.258 e. The van der Waals surface area contributed by atoms with Crippen LogP contribution in [0.1, 0.15) is 33.1 Å². The van der Waals surface area contributed by atoms with Gasteiger partial charge in [-0.15, -0.1) is 0 Å². The summed E-state index contributed by atoms with van der Waals surface area (Å²) in [7, 11) is 0. The van der Waals surface area contributed by atoms with Crippen molar-refractivity contribution >= 4 is 0 Å². The van der Waals surface area contributed by atoms with Crippen LogP contribution in [-0.4, -0.2) is 13.1 Å². The Morgan fingerprint density at radius 1 is 0.889 bits per heavy atom. The molecule has 0 aromatic carbocycles. The molecule has 0 saturated carbocycles. The highest BCUT2D eigenvalue weighted by atomic mass is 15.3. The third kappa shape index (κ3) is 7.92. The van der Waals surface area contributed by atoms with Crippen molar-refractivity contribution in [2.75, 3.05) is 13.1 Å². The first-order valence-corrected chi connectivity index (χ1v) is 3.87. The van der Waals surface area contributed by atoms with Crippen LogP contribution in [0.3, 0.4) is 0 Å². The van der Waals surface area contributed by atoms with E-state index in [1.165, 1.54) is 19.3 Å². The van der Waals surface area contributed by atoms with E-state index in [-0.39, 0.29) is 0 Å². The molecule has 0 radical (unpaired) electrons. The first-order chi connectivity index (χ1) is 4.41. The summed E-state index contributed by atoms with van der Waals surface area (Å²) >= 11 is 0. The van der Waals surface area contributed by atoms with E-state index in [4.69, 9.17) is 0 Å². The van der Waals surface area contributed by atoms with E-state index in [1.54, 1.807) is 0 Å². The zero-order valence-electron chi connectivity index (χ0n) is 6.54. The van der Waals surface area contributed by atoms with Gasteiger partial charge in [-0.25, -0.2) is 0 Å². The predicted molar refractivity (Wildman–Crippen MR) is 41.2 cm³/mol. The Balaban J connectivity index is 2.60. The van der Waals surface area contributed by atoms with Gasteiger partial charge in [0, 0.05) is 13.1 Å². The van der Waals surface area contributed by atoms with Crippen LogP contribution >= 0.6 is 0 Å². The second kappa shape index (κ2) is 7.92. The summed E-state index contributed by atoms with van der Waals surface area (Å²) < 4.78 is 0. The predicted octanol–water partition coefficient (Wildman–Crippen LogP) is 1.29. The van der Waals surface area contributed by atoms with Gasteiger partial charge in [0.05, 0.1) is 0 Å². The van der Waals surface area contributed by atoms with Gasteiger partial charge in [0.25, 0.3) is 0 Å². The van der Waals surface area contributed by atoms with Gasteiger partial charge in [-0.1, -0.05) is 20.3 Å². The maximum atomic E-state index is 3.14. The smallest absolute Gasteiger partial charge is 0.00996 e. The van der Waals surface area contributed by atoms with Crippen molar-refractivity contribution in [3.05, 3.63) is 0 Å². The van der Waals surface area contributed by atoms with Crippen molar-refractivity contribution in [3.8, 4) is 0 Å². The molecule has 0 aliphatic carbocycles. The fourth-order valence-corrected chi connectivity index (χ4v) is 0.567. The van der Waals surface area contributed by atoms with Gasteiger partial charge in [-0.3, -0.25) is 10.9 Å². The molecule has 0 amide bonds. The van der Waals surface area contributed by atoms with Crippen molar-refractivity contribution in [1.82, 2.24) is 10.9 Å². The third-order valence-corrected chi connectivity index (χ3v) is 1.16. The molecule has 0 saturated heterocycles. The molecule has 2 heteroatoms. The highest BCUT2D eigenvalue weighted by Crippen LogP contribution is 1.80. The fraction of sp³-hybridized carbons (Fsp3) is 1.00. The summed E-state index contributed by atoms with van der Waals surface area (Å²) in [4.78, 5) is 0. The standard InChI is InChI=1S/C7H18N2/c1-3-5-7-9-8-6-4-2/h8-9H,3-7H2,1-2H3. The van der Waals surface area contributed by atoms with Crippen LogP contribution < -0.4 is 10.9 Å². The zero-order chi connectivity index (χ0) is 6.95. The number of hydrazine groups is 1. The number of unbranched alkanes of at least 4 members (excludes halogenated alkanes) is 1. The SMILES string of the molecule is CCCCNNCCC. The largest absolute Gasteiger partial charge is 0.258 e. The van der Waals surface area contributed by atoms with E-state index in [2.05, 4.69) is 24.7 Å². The Labute approximate surface area is 58.0 Å². The molecule has 9 heavy (non-hydrogen) atoms. The van der Waals surface area contributed by atoms with Crippen LogP contribution in [0, 0.1) is 0 Å². The monoisotopic (exact) mass is 130 g/mol. The molecule has 0 aliphatic heterocycles. The highest BCUT2D eigenvalue weighted by molar-refractivity contribution is 4.39. The summed E-state index contributed by atoms with van der Waals surface area (Å²) in [5.74, 6) is 0. The number of hydrogen-bond donors (Lipinski definition) is 2. The van der Waals surface area contributed by atoms with Crippen molar-refractivity contribution in [2.45, 2.75) is 33.1 Å². The van der Waals surface area contributed by atoms with Crippen LogP contribution in [-0.2, 0) is 0 Å². The van der Waals surface area contributed by atoms with E-state index in [1.807, 2.05) is 0 Å². The third-order valence-electron chi connectivity index (χ3n) is 1.16. The minimum atomic E-state index is 1.07. The zero-order valence-corrected chi connectivity index (χ0v) is 6.54. The lowest BCUT2D eigenvalue weighted by molar-refractivity contribution is 0.516. The first-order valence-electron chi connectivity index (χ1n) is 3.87. The Kier molecular flexibility index (Phi) is 7.85. The molecule has 2 N–H and O–H groups in total. The second-order valence-corrected chi connectivity index (χ2v) is 2.21. The van der Waals surface area contributed by atoms with E-state index in [0.29, 0.717) is 0 Å². The minimum absolute atomic E-state index is 1.07. The fourth-order valence-electron chi connectivity index (χ4n) is 0.567.